The fraction of sp³-hybridized carbons (Fsp3) is 0.308. The van der Waals surface area contributed by atoms with E-state index < -0.39 is 0 Å². The summed E-state index contributed by atoms with van der Waals surface area (Å²) in [5.74, 6) is 0.856. The van der Waals surface area contributed by atoms with Crippen LogP contribution < -0.4 is 5.32 Å². The highest BCUT2D eigenvalue weighted by Gasteiger charge is 2.03. The average molecular weight is 251 g/mol. The highest BCUT2D eigenvalue weighted by Crippen LogP contribution is 2.23. The van der Waals surface area contributed by atoms with Gasteiger partial charge in [0.05, 0.1) is 12.1 Å². The smallest absolute Gasteiger partial charge is 0.127 e. The lowest BCUT2D eigenvalue weighted by Crippen LogP contribution is -2.09. The van der Waals surface area contributed by atoms with Crippen LogP contribution in [-0.2, 0) is 4.74 Å². The number of nitrogens with zero attached hydrogens (tertiary/aromatic N) is 1. The van der Waals surface area contributed by atoms with E-state index in [4.69, 9.17) is 16.3 Å². The van der Waals surface area contributed by atoms with Crippen LogP contribution in [0, 0.1) is 6.92 Å². The molecule has 0 fully saturated rings. The third-order valence-electron chi connectivity index (χ3n) is 2.59. The summed E-state index contributed by atoms with van der Waals surface area (Å²) in [6, 6.07) is 7.80. The fourth-order valence-electron chi connectivity index (χ4n) is 1.75. The maximum atomic E-state index is 5.97. The van der Waals surface area contributed by atoms with Gasteiger partial charge < -0.3 is 10.1 Å². The number of benzene rings is 1. The topological polar surface area (TPSA) is 34.1 Å². The number of hydrogen-bond donors (Lipinski definition) is 1. The minimum atomic E-state index is 0.661. The number of rotatable bonds is 4. The molecule has 0 saturated carbocycles. The van der Waals surface area contributed by atoms with Crippen molar-refractivity contribution >= 4 is 28.3 Å². The Morgan fingerprint density at radius 3 is 2.94 bits per heavy atom. The van der Waals surface area contributed by atoms with Gasteiger partial charge in [0.15, 0.2) is 0 Å². The van der Waals surface area contributed by atoms with Gasteiger partial charge >= 0.3 is 0 Å². The van der Waals surface area contributed by atoms with Crippen LogP contribution in [0.15, 0.2) is 24.3 Å². The Labute approximate surface area is 106 Å². The summed E-state index contributed by atoms with van der Waals surface area (Å²) in [5.41, 5.74) is 2.10. The number of methoxy groups -OCH3 is 1. The first kappa shape index (κ1) is 12.1. The van der Waals surface area contributed by atoms with Crippen molar-refractivity contribution in [2.24, 2.45) is 0 Å². The molecular weight excluding hydrogens is 236 g/mol. The van der Waals surface area contributed by atoms with Crippen molar-refractivity contribution in [3.8, 4) is 0 Å². The Bertz CT molecular complexity index is 528. The van der Waals surface area contributed by atoms with Crippen molar-refractivity contribution in [2.45, 2.75) is 6.92 Å². The molecule has 0 aliphatic rings. The van der Waals surface area contributed by atoms with Crippen LogP contribution >= 0.6 is 11.6 Å². The molecule has 0 spiro atoms. The van der Waals surface area contributed by atoms with Gasteiger partial charge in [-0.05, 0) is 30.7 Å². The van der Waals surface area contributed by atoms with Crippen molar-refractivity contribution in [3.63, 3.8) is 0 Å². The van der Waals surface area contributed by atoms with E-state index in [0.29, 0.717) is 11.6 Å². The van der Waals surface area contributed by atoms with E-state index in [1.807, 2.05) is 24.3 Å². The lowest BCUT2D eigenvalue weighted by atomic mass is 10.1. The Morgan fingerprint density at radius 2 is 2.18 bits per heavy atom. The second kappa shape index (κ2) is 5.34. The Balaban J connectivity index is 2.33. The van der Waals surface area contributed by atoms with Gasteiger partial charge in [0.1, 0.15) is 5.82 Å². The lowest BCUT2D eigenvalue weighted by molar-refractivity contribution is 0.210. The van der Waals surface area contributed by atoms with Crippen LogP contribution in [0.4, 0.5) is 5.82 Å². The normalized spacial score (nSPS) is 10.8. The third-order valence-corrected chi connectivity index (χ3v) is 2.83. The molecule has 2 rings (SSSR count). The van der Waals surface area contributed by atoms with E-state index in [0.717, 1.165) is 23.3 Å². The minimum Gasteiger partial charge on any atom is -0.383 e. The number of ether oxygens (including phenoxy) is 1. The van der Waals surface area contributed by atoms with Gasteiger partial charge in [-0.3, -0.25) is 0 Å². The number of fused-ring (bicyclic) bond motifs is 1. The maximum Gasteiger partial charge on any atom is 0.127 e. The van der Waals surface area contributed by atoms with Crippen molar-refractivity contribution in [3.05, 3.63) is 34.9 Å². The van der Waals surface area contributed by atoms with Crippen molar-refractivity contribution in [1.82, 2.24) is 4.98 Å². The van der Waals surface area contributed by atoms with Gasteiger partial charge in [0.25, 0.3) is 0 Å². The molecule has 1 aromatic carbocycles. The van der Waals surface area contributed by atoms with Crippen LogP contribution in [0.5, 0.6) is 0 Å². The number of aryl methyl sites for hydroxylation is 1. The van der Waals surface area contributed by atoms with Gasteiger partial charge in [0.2, 0.25) is 0 Å². The molecule has 2 aromatic rings. The van der Waals surface area contributed by atoms with Crippen LogP contribution in [0.2, 0.25) is 5.02 Å². The van der Waals surface area contributed by atoms with Crippen molar-refractivity contribution in [2.75, 3.05) is 25.6 Å². The zero-order chi connectivity index (χ0) is 12.3. The largest absolute Gasteiger partial charge is 0.383 e. The van der Waals surface area contributed by atoms with Crippen molar-refractivity contribution < 1.29 is 4.74 Å². The summed E-state index contributed by atoms with van der Waals surface area (Å²) >= 11 is 5.97. The summed E-state index contributed by atoms with van der Waals surface area (Å²) in [6.45, 7) is 3.47. The van der Waals surface area contributed by atoms with Crippen LogP contribution in [0.3, 0.4) is 0 Å². The van der Waals surface area contributed by atoms with Crippen LogP contribution in [0.25, 0.3) is 10.9 Å². The average Bonchev–Trinajstić information content (AvgIpc) is 2.28. The van der Waals surface area contributed by atoms with Crippen LogP contribution in [0.1, 0.15) is 5.56 Å². The molecule has 3 nitrogen and oxygen atoms in total. The van der Waals surface area contributed by atoms with E-state index in [-0.39, 0.29) is 0 Å². The van der Waals surface area contributed by atoms with Gasteiger partial charge in [-0.2, -0.15) is 0 Å². The number of hydrogen-bond acceptors (Lipinski definition) is 3. The number of aromatic nitrogens is 1. The van der Waals surface area contributed by atoms with Gasteiger partial charge in [-0.15, -0.1) is 0 Å². The SMILES string of the molecule is COCCNc1cc(C)c2ccc(Cl)cc2n1. The summed E-state index contributed by atoms with van der Waals surface area (Å²) in [5, 5.41) is 5.06. The molecule has 1 heterocycles. The Hall–Kier alpha value is -1.32. The molecule has 1 aromatic heterocycles. The Kier molecular flexibility index (Phi) is 3.82. The molecule has 0 atom stereocenters. The van der Waals surface area contributed by atoms with E-state index >= 15 is 0 Å². The number of pyridine rings is 1. The minimum absolute atomic E-state index is 0.661. The molecule has 0 unspecified atom stereocenters. The molecule has 17 heavy (non-hydrogen) atoms. The van der Waals surface area contributed by atoms with Crippen LogP contribution in [-0.4, -0.2) is 25.2 Å². The summed E-state index contributed by atoms with van der Waals surface area (Å²) in [6.07, 6.45) is 0. The van der Waals surface area contributed by atoms with E-state index in [2.05, 4.69) is 17.2 Å². The molecule has 0 aliphatic carbocycles. The molecule has 1 N–H and O–H groups in total. The molecule has 90 valence electrons. The first-order valence-electron chi connectivity index (χ1n) is 5.50. The third kappa shape index (κ3) is 2.87. The van der Waals surface area contributed by atoms with Gasteiger partial charge in [-0.1, -0.05) is 17.7 Å². The standard InChI is InChI=1S/C13H15ClN2O/c1-9-7-13(15-5-6-17-2)16-12-8-10(14)3-4-11(9)12/h3-4,7-8H,5-6H2,1-2H3,(H,15,16). The molecule has 4 heteroatoms. The second-order valence-electron chi connectivity index (χ2n) is 3.91. The Morgan fingerprint density at radius 1 is 1.35 bits per heavy atom. The molecule has 0 aliphatic heterocycles. The number of halogens is 1. The molecule has 0 bridgehead atoms. The van der Waals surface area contributed by atoms with E-state index in [1.165, 1.54) is 5.56 Å². The van der Waals surface area contributed by atoms with Crippen molar-refractivity contribution in [1.29, 1.82) is 0 Å². The van der Waals surface area contributed by atoms with E-state index in [9.17, 15) is 0 Å². The predicted molar refractivity (Wildman–Crippen MR) is 71.9 cm³/mol. The molecule has 0 radical (unpaired) electrons. The predicted octanol–water partition coefficient (Wildman–Crippen LogP) is 3.25. The monoisotopic (exact) mass is 250 g/mol. The first-order chi connectivity index (χ1) is 8.20. The highest BCUT2D eigenvalue weighted by atomic mass is 35.5. The van der Waals surface area contributed by atoms with Gasteiger partial charge in [-0.25, -0.2) is 4.98 Å². The highest BCUT2D eigenvalue weighted by molar-refractivity contribution is 6.31. The zero-order valence-electron chi connectivity index (χ0n) is 9.96. The molecular formula is C13H15ClN2O. The molecule has 0 saturated heterocycles. The lowest BCUT2D eigenvalue weighted by Gasteiger charge is -2.08. The first-order valence-corrected chi connectivity index (χ1v) is 5.88. The zero-order valence-corrected chi connectivity index (χ0v) is 10.7. The number of anilines is 1. The summed E-state index contributed by atoms with van der Waals surface area (Å²) in [4.78, 5) is 4.52. The summed E-state index contributed by atoms with van der Waals surface area (Å²) < 4.78 is 4.99. The second-order valence-corrected chi connectivity index (χ2v) is 4.34. The quantitative estimate of drug-likeness (QED) is 0.846. The van der Waals surface area contributed by atoms with E-state index in [1.54, 1.807) is 7.11 Å². The summed E-state index contributed by atoms with van der Waals surface area (Å²) in [7, 11) is 1.68. The molecule has 0 amide bonds. The number of nitrogens with one attached hydrogen (secondary N) is 1. The fourth-order valence-corrected chi connectivity index (χ4v) is 1.91. The maximum absolute atomic E-state index is 5.97. The van der Waals surface area contributed by atoms with Gasteiger partial charge in [0, 0.05) is 24.1 Å².